The second kappa shape index (κ2) is 7.38. The molecule has 0 unspecified atom stereocenters. The first-order chi connectivity index (χ1) is 10.9. The number of nitrogens with one attached hydrogen (secondary N) is 1. The van der Waals surface area contributed by atoms with Crippen molar-refractivity contribution in [1.82, 2.24) is 0 Å². The summed E-state index contributed by atoms with van der Waals surface area (Å²) in [5, 5.41) is 13.0. The molecule has 1 aromatic heterocycles. The highest BCUT2D eigenvalue weighted by Crippen LogP contribution is 2.26. The Morgan fingerprint density at radius 2 is 2.00 bits per heavy atom. The topological polar surface area (TPSA) is 112 Å². The predicted molar refractivity (Wildman–Crippen MR) is 86.1 cm³/mol. The minimum atomic E-state index is -0.969. The molecule has 0 saturated heterocycles. The number of anilines is 1. The summed E-state index contributed by atoms with van der Waals surface area (Å²) in [6.07, 6.45) is 0. The lowest BCUT2D eigenvalue weighted by Gasteiger charge is -2.07. The number of furan rings is 1. The zero-order chi connectivity index (χ0) is 17.0. The van der Waals surface area contributed by atoms with Crippen LogP contribution in [0.1, 0.15) is 10.6 Å². The van der Waals surface area contributed by atoms with Crippen LogP contribution in [-0.4, -0.2) is 23.4 Å². The zero-order valence-corrected chi connectivity index (χ0v) is 14.4. The molecule has 8 nitrogen and oxygen atoms in total. The highest BCUT2D eigenvalue weighted by atomic mass is 79.9. The number of carbonyl (C=O) groups excluding carboxylic acids is 2. The van der Waals surface area contributed by atoms with Gasteiger partial charge in [-0.15, -0.1) is 0 Å². The van der Waals surface area contributed by atoms with Crippen molar-refractivity contribution in [2.75, 3.05) is 11.9 Å². The number of benzene rings is 1. The molecule has 1 amide bonds. The summed E-state index contributed by atoms with van der Waals surface area (Å²) in [4.78, 5) is 33.0. The van der Waals surface area contributed by atoms with Crippen molar-refractivity contribution in [3.05, 3.63) is 55.2 Å². The van der Waals surface area contributed by atoms with Gasteiger partial charge in [0.2, 0.25) is 5.76 Å². The summed E-state index contributed by atoms with van der Waals surface area (Å²) in [7, 11) is 0. The number of hydrogen-bond acceptors (Lipinski definition) is 6. The summed E-state index contributed by atoms with van der Waals surface area (Å²) < 4.78 is 10.9. The molecule has 0 spiro atoms. The number of rotatable bonds is 5. The minimum absolute atomic E-state index is 0.352. The fraction of sp³-hybridized carbons (Fsp3) is 0.0769. The van der Waals surface area contributed by atoms with Gasteiger partial charge < -0.3 is 14.5 Å². The molecule has 2 rings (SSSR count). The number of carbonyl (C=O) groups is 2. The molecule has 0 radical (unpaired) electrons. The van der Waals surface area contributed by atoms with Crippen molar-refractivity contribution in [2.24, 2.45) is 0 Å². The molecule has 0 aliphatic carbocycles. The molecule has 0 bridgehead atoms. The lowest BCUT2D eigenvalue weighted by molar-refractivity contribution is -0.402. The Kier molecular flexibility index (Phi) is 5.50. The van der Waals surface area contributed by atoms with Crippen LogP contribution in [0, 0.1) is 10.1 Å². The fourth-order valence-corrected chi connectivity index (χ4v) is 2.66. The van der Waals surface area contributed by atoms with E-state index in [0.717, 1.165) is 16.6 Å². The lowest BCUT2D eigenvalue weighted by Crippen LogP contribution is -2.21. The van der Waals surface area contributed by atoms with Crippen molar-refractivity contribution in [3.8, 4) is 0 Å². The number of esters is 1. The quantitative estimate of drug-likeness (QED) is 0.426. The number of halogens is 2. The molecule has 10 heteroatoms. The fourth-order valence-electron chi connectivity index (χ4n) is 1.51. The van der Waals surface area contributed by atoms with Gasteiger partial charge in [-0.3, -0.25) is 14.9 Å². The molecule has 0 aliphatic heterocycles. The molecule has 1 aromatic carbocycles. The average Bonchev–Trinajstić information content (AvgIpc) is 2.98. The Bertz CT molecular complexity index is 774. The van der Waals surface area contributed by atoms with Crippen LogP contribution in [0.2, 0.25) is 0 Å². The van der Waals surface area contributed by atoms with Crippen LogP contribution in [0.3, 0.4) is 0 Å². The summed E-state index contributed by atoms with van der Waals surface area (Å²) >= 11 is 6.56. The Balaban J connectivity index is 1.90. The van der Waals surface area contributed by atoms with Crippen LogP contribution in [-0.2, 0) is 9.53 Å². The molecular weight excluding hydrogens is 440 g/mol. The van der Waals surface area contributed by atoms with E-state index in [-0.39, 0.29) is 5.76 Å². The summed E-state index contributed by atoms with van der Waals surface area (Å²) in [5.74, 6) is -2.47. The normalized spacial score (nSPS) is 10.2. The first-order valence-electron chi connectivity index (χ1n) is 6.03. The van der Waals surface area contributed by atoms with Crippen molar-refractivity contribution in [2.45, 2.75) is 0 Å². The van der Waals surface area contributed by atoms with Gasteiger partial charge in [0, 0.05) is 8.95 Å². The van der Waals surface area contributed by atoms with Crippen LogP contribution in [0.25, 0.3) is 0 Å². The van der Waals surface area contributed by atoms with Gasteiger partial charge in [-0.2, -0.15) is 0 Å². The Hall–Kier alpha value is -2.20. The molecule has 0 aliphatic rings. The number of ether oxygens (including phenoxy) is 1. The third-order valence-corrected chi connectivity index (χ3v) is 3.66. The van der Waals surface area contributed by atoms with Gasteiger partial charge in [0.1, 0.15) is 4.92 Å². The van der Waals surface area contributed by atoms with E-state index in [9.17, 15) is 19.7 Å². The van der Waals surface area contributed by atoms with Crippen LogP contribution in [0.4, 0.5) is 11.6 Å². The van der Waals surface area contributed by atoms with Crippen molar-refractivity contribution in [1.29, 1.82) is 0 Å². The standard InChI is InChI=1S/C13H8Br2N2O6/c14-7-1-2-9(8(15)5-7)16-11(18)6-22-13(19)10-3-4-12(23-10)17(20)21/h1-5H,6H2,(H,16,18). The molecule has 0 saturated carbocycles. The maximum atomic E-state index is 11.7. The maximum Gasteiger partial charge on any atom is 0.433 e. The van der Waals surface area contributed by atoms with E-state index in [4.69, 9.17) is 4.74 Å². The highest BCUT2D eigenvalue weighted by molar-refractivity contribution is 9.11. The number of amides is 1. The minimum Gasteiger partial charge on any atom is -0.450 e. The molecule has 1 N–H and O–H groups in total. The first-order valence-corrected chi connectivity index (χ1v) is 7.61. The van der Waals surface area contributed by atoms with Gasteiger partial charge in [0.15, 0.2) is 6.61 Å². The van der Waals surface area contributed by atoms with Crippen molar-refractivity contribution >= 4 is 55.3 Å². The van der Waals surface area contributed by atoms with Crippen LogP contribution in [0.5, 0.6) is 0 Å². The SMILES string of the molecule is O=C(COC(=O)c1ccc([N+](=O)[O-])o1)Nc1ccc(Br)cc1Br. The van der Waals surface area contributed by atoms with Gasteiger partial charge in [0.05, 0.1) is 11.8 Å². The van der Waals surface area contributed by atoms with Gasteiger partial charge in [-0.25, -0.2) is 4.79 Å². The van der Waals surface area contributed by atoms with Crippen molar-refractivity contribution in [3.63, 3.8) is 0 Å². The second-order valence-electron chi connectivity index (χ2n) is 4.14. The third-order valence-electron chi connectivity index (χ3n) is 2.51. The van der Waals surface area contributed by atoms with E-state index in [2.05, 4.69) is 41.6 Å². The molecular formula is C13H8Br2N2O6. The predicted octanol–water partition coefficient (Wildman–Crippen LogP) is 3.51. The van der Waals surface area contributed by atoms with Crippen LogP contribution in [0.15, 0.2) is 43.7 Å². The largest absolute Gasteiger partial charge is 0.450 e. The molecule has 0 fully saturated rings. The van der Waals surface area contributed by atoms with Crippen LogP contribution >= 0.6 is 31.9 Å². The van der Waals surface area contributed by atoms with Gasteiger partial charge in [0.25, 0.3) is 5.91 Å². The zero-order valence-electron chi connectivity index (χ0n) is 11.2. The van der Waals surface area contributed by atoms with Crippen LogP contribution < -0.4 is 5.32 Å². The lowest BCUT2D eigenvalue weighted by atomic mass is 10.3. The van der Waals surface area contributed by atoms with Crippen molar-refractivity contribution < 1.29 is 23.7 Å². The van der Waals surface area contributed by atoms with E-state index >= 15 is 0 Å². The Morgan fingerprint density at radius 3 is 2.61 bits per heavy atom. The maximum absolute atomic E-state index is 11.7. The third kappa shape index (κ3) is 4.63. The van der Waals surface area contributed by atoms with E-state index in [1.807, 2.05) is 0 Å². The first kappa shape index (κ1) is 17.2. The number of nitrogens with zero attached hydrogens (tertiary/aromatic N) is 1. The van der Waals surface area contributed by atoms with Gasteiger partial charge in [-0.05, 0) is 40.2 Å². The van der Waals surface area contributed by atoms with Gasteiger partial charge in [-0.1, -0.05) is 15.9 Å². The monoisotopic (exact) mass is 446 g/mol. The second-order valence-corrected chi connectivity index (χ2v) is 5.91. The number of hydrogen-bond donors (Lipinski definition) is 1. The summed E-state index contributed by atoms with van der Waals surface area (Å²) in [6.45, 7) is -0.560. The smallest absolute Gasteiger partial charge is 0.433 e. The molecule has 23 heavy (non-hydrogen) atoms. The average molecular weight is 448 g/mol. The molecule has 0 atom stereocenters. The Morgan fingerprint density at radius 1 is 1.26 bits per heavy atom. The summed E-state index contributed by atoms with van der Waals surface area (Å²) in [6, 6.07) is 7.25. The van der Waals surface area contributed by atoms with E-state index in [0.29, 0.717) is 10.2 Å². The highest BCUT2D eigenvalue weighted by Gasteiger charge is 2.19. The Labute approximate surface area is 146 Å². The van der Waals surface area contributed by atoms with E-state index in [1.165, 1.54) is 0 Å². The van der Waals surface area contributed by atoms with E-state index in [1.54, 1.807) is 18.2 Å². The van der Waals surface area contributed by atoms with E-state index < -0.39 is 29.3 Å². The molecule has 120 valence electrons. The van der Waals surface area contributed by atoms with Gasteiger partial charge >= 0.3 is 11.9 Å². The summed E-state index contributed by atoms with van der Waals surface area (Å²) in [5.41, 5.74) is 0.503. The molecule has 2 aromatic rings. The number of nitro groups is 1. The molecule has 1 heterocycles.